The van der Waals surface area contributed by atoms with Crippen LogP contribution >= 0.6 is 15.9 Å². The maximum absolute atomic E-state index is 10.9. The highest BCUT2D eigenvalue weighted by Crippen LogP contribution is 2.39. The molecular formula is C20H33BBrNO3Si. The molecule has 0 aliphatic rings. The molecule has 0 bridgehead atoms. The van der Waals surface area contributed by atoms with E-state index in [-0.39, 0.29) is 5.04 Å². The number of benzene rings is 1. The van der Waals surface area contributed by atoms with Crippen molar-refractivity contribution in [3.05, 3.63) is 28.9 Å². The molecule has 27 heavy (non-hydrogen) atoms. The minimum absolute atomic E-state index is 0.136. The second-order valence-electron chi connectivity index (χ2n) is 9.96. The maximum atomic E-state index is 10.9. The van der Waals surface area contributed by atoms with Gasteiger partial charge in [0.05, 0.1) is 11.2 Å². The Labute approximate surface area is 173 Å². The summed E-state index contributed by atoms with van der Waals surface area (Å²) in [5.74, 6) is 0. The molecule has 0 saturated heterocycles. The van der Waals surface area contributed by atoms with Gasteiger partial charge in [0.25, 0.3) is 0 Å². The first-order chi connectivity index (χ1) is 12.0. The number of fused-ring (bicyclic) bond motifs is 1. The third-order valence-corrected chi connectivity index (χ3v) is 12.1. The first kappa shape index (κ1) is 22.7. The lowest BCUT2D eigenvalue weighted by atomic mass is 9.76. The van der Waals surface area contributed by atoms with Crippen molar-refractivity contribution in [2.24, 2.45) is 0 Å². The van der Waals surface area contributed by atoms with Crippen molar-refractivity contribution < 1.29 is 14.8 Å². The SMILES string of the molecule is CC(C)(O)C(C)(C)OB(O)c1cn([Si](C)(C)C(C)(C)C)c2cc(Br)ccc12. The second-order valence-corrected chi connectivity index (χ2v) is 16.0. The molecule has 150 valence electrons. The molecule has 1 heterocycles. The number of aliphatic hydroxyl groups is 1. The minimum Gasteiger partial charge on any atom is -0.423 e. The summed E-state index contributed by atoms with van der Waals surface area (Å²) in [6.07, 6.45) is 2.04. The van der Waals surface area contributed by atoms with E-state index >= 15 is 0 Å². The number of aromatic nitrogens is 1. The molecule has 1 aromatic heterocycles. The predicted octanol–water partition coefficient (Wildman–Crippen LogP) is 4.51. The first-order valence-electron chi connectivity index (χ1n) is 9.38. The van der Waals surface area contributed by atoms with E-state index < -0.39 is 26.6 Å². The Morgan fingerprint density at radius 3 is 2.11 bits per heavy atom. The zero-order valence-electron chi connectivity index (χ0n) is 18.0. The normalized spacial score (nSPS) is 14.1. The second kappa shape index (κ2) is 7.02. The van der Waals surface area contributed by atoms with Crippen molar-refractivity contribution in [1.29, 1.82) is 0 Å². The van der Waals surface area contributed by atoms with Crippen molar-refractivity contribution in [2.75, 3.05) is 0 Å². The van der Waals surface area contributed by atoms with E-state index in [0.717, 1.165) is 20.8 Å². The van der Waals surface area contributed by atoms with Gasteiger partial charge in [-0.15, -0.1) is 0 Å². The molecule has 7 heteroatoms. The van der Waals surface area contributed by atoms with E-state index in [0.29, 0.717) is 0 Å². The summed E-state index contributed by atoms with van der Waals surface area (Å²) in [5.41, 5.74) is -0.170. The summed E-state index contributed by atoms with van der Waals surface area (Å²) in [4.78, 5) is 0. The lowest BCUT2D eigenvalue weighted by Gasteiger charge is -2.39. The summed E-state index contributed by atoms with van der Waals surface area (Å²) in [6.45, 7) is 18.5. The number of rotatable bonds is 5. The fraction of sp³-hybridized carbons (Fsp3) is 0.600. The Balaban J connectivity index is 2.63. The van der Waals surface area contributed by atoms with Crippen LogP contribution in [-0.4, -0.2) is 40.9 Å². The van der Waals surface area contributed by atoms with Gasteiger partial charge in [0, 0.05) is 15.5 Å². The molecule has 4 nitrogen and oxygen atoms in total. The Morgan fingerprint density at radius 1 is 1.07 bits per heavy atom. The quantitative estimate of drug-likeness (QED) is 0.654. The molecule has 1 aromatic carbocycles. The highest BCUT2D eigenvalue weighted by atomic mass is 79.9. The van der Waals surface area contributed by atoms with E-state index in [4.69, 9.17) is 4.65 Å². The van der Waals surface area contributed by atoms with E-state index in [9.17, 15) is 10.1 Å². The molecule has 0 saturated carbocycles. The largest absolute Gasteiger partial charge is 0.493 e. The van der Waals surface area contributed by atoms with Gasteiger partial charge in [-0.2, -0.15) is 0 Å². The van der Waals surface area contributed by atoms with Crippen LogP contribution < -0.4 is 5.46 Å². The van der Waals surface area contributed by atoms with Crippen molar-refractivity contribution in [3.8, 4) is 0 Å². The highest BCUT2D eigenvalue weighted by molar-refractivity contribution is 9.10. The van der Waals surface area contributed by atoms with Gasteiger partial charge in [0.15, 0.2) is 8.24 Å². The summed E-state index contributed by atoms with van der Waals surface area (Å²) in [6, 6.07) is 6.10. The molecule has 0 spiro atoms. The summed E-state index contributed by atoms with van der Waals surface area (Å²) < 4.78 is 9.29. The zero-order chi connectivity index (χ0) is 21.0. The zero-order valence-corrected chi connectivity index (χ0v) is 20.6. The molecule has 0 unspecified atom stereocenters. The summed E-state index contributed by atoms with van der Waals surface area (Å²) >= 11 is 3.58. The molecule has 2 aromatic rings. The van der Waals surface area contributed by atoms with E-state index in [1.54, 1.807) is 27.7 Å². The maximum Gasteiger partial charge on any atom is 0.493 e. The van der Waals surface area contributed by atoms with Crippen molar-refractivity contribution in [3.63, 3.8) is 0 Å². The van der Waals surface area contributed by atoms with Gasteiger partial charge in [-0.25, -0.2) is 0 Å². The topological polar surface area (TPSA) is 54.6 Å². The van der Waals surface area contributed by atoms with E-state index in [2.05, 4.69) is 60.1 Å². The number of hydrogen-bond acceptors (Lipinski definition) is 3. The van der Waals surface area contributed by atoms with Gasteiger partial charge < -0.3 is 19.0 Å². The molecule has 2 rings (SSSR count). The monoisotopic (exact) mass is 453 g/mol. The van der Waals surface area contributed by atoms with Gasteiger partial charge in [-0.1, -0.05) is 55.9 Å². The molecule has 0 amide bonds. The Hall–Kier alpha value is -0.598. The van der Waals surface area contributed by atoms with Gasteiger partial charge in [-0.3, -0.25) is 0 Å². The summed E-state index contributed by atoms with van der Waals surface area (Å²) in [5, 5.41) is 22.4. The fourth-order valence-electron chi connectivity index (χ4n) is 2.73. The lowest BCUT2D eigenvalue weighted by Crippen LogP contribution is -2.53. The predicted molar refractivity (Wildman–Crippen MR) is 121 cm³/mol. The summed E-state index contributed by atoms with van der Waals surface area (Å²) in [7, 11) is -3.03. The minimum atomic E-state index is -1.91. The smallest absolute Gasteiger partial charge is 0.423 e. The fourth-order valence-corrected chi connectivity index (χ4v) is 5.05. The van der Waals surface area contributed by atoms with Gasteiger partial charge >= 0.3 is 7.12 Å². The molecule has 0 aliphatic carbocycles. The van der Waals surface area contributed by atoms with Crippen LogP contribution in [0.4, 0.5) is 0 Å². The average molecular weight is 454 g/mol. The van der Waals surface area contributed by atoms with Gasteiger partial charge in [0.2, 0.25) is 0 Å². The molecule has 0 atom stereocenters. The first-order valence-corrected chi connectivity index (χ1v) is 13.1. The molecular weight excluding hydrogens is 421 g/mol. The molecule has 0 radical (unpaired) electrons. The van der Waals surface area contributed by atoms with Crippen LogP contribution in [0, 0.1) is 0 Å². The molecule has 0 fully saturated rings. The highest BCUT2D eigenvalue weighted by Gasteiger charge is 2.42. The third kappa shape index (κ3) is 4.22. The number of nitrogens with zero attached hydrogens (tertiary/aromatic N) is 1. The Kier molecular flexibility index (Phi) is 5.90. The number of hydrogen-bond donors (Lipinski definition) is 2. The van der Waals surface area contributed by atoms with Crippen LogP contribution in [0.5, 0.6) is 0 Å². The molecule has 0 aliphatic heterocycles. The van der Waals surface area contributed by atoms with Gasteiger partial charge in [0.1, 0.15) is 0 Å². The third-order valence-electron chi connectivity index (χ3n) is 6.38. The molecule has 2 N–H and O–H groups in total. The van der Waals surface area contributed by atoms with Crippen molar-refractivity contribution in [2.45, 2.75) is 77.8 Å². The lowest BCUT2D eigenvalue weighted by molar-refractivity contribution is -0.0982. The van der Waals surface area contributed by atoms with Crippen LogP contribution in [0.15, 0.2) is 28.9 Å². The standard InChI is InChI=1S/C20H33BBrNO3Si/c1-18(2,3)27(8,9)23-13-16(15-11-10-14(22)12-17(15)23)21(25)26-20(6,7)19(4,5)24/h10-13,24-25H,1-9H3. The Bertz CT molecular complexity index is 834. The van der Waals surface area contributed by atoms with E-state index in [1.165, 1.54) is 0 Å². The number of halogens is 1. The van der Waals surface area contributed by atoms with Crippen LogP contribution in [0.2, 0.25) is 18.1 Å². The van der Waals surface area contributed by atoms with Crippen molar-refractivity contribution >= 4 is 47.6 Å². The van der Waals surface area contributed by atoms with Crippen LogP contribution in [-0.2, 0) is 4.65 Å². The van der Waals surface area contributed by atoms with Crippen LogP contribution in [0.25, 0.3) is 10.9 Å². The van der Waals surface area contributed by atoms with Gasteiger partial charge in [-0.05, 0) is 56.4 Å². The Morgan fingerprint density at radius 2 is 1.63 bits per heavy atom. The van der Waals surface area contributed by atoms with Crippen LogP contribution in [0.3, 0.4) is 0 Å². The van der Waals surface area contributed by atoms with Crippen LogP contribution in [0.1, 0.15) is 48.5 Å². The van der Waals surface area contributed by atoms with E-state index in [1.807, 2.05) is 18.3 Å². The average Bonchev–Trinajstić information content (AvgIpc) is 2.83. The van der Waals surface area contributed by atoms with Crippen molar-refractivity contribution in [1.82, 2.24) is 4.23 Å².